The average molecular weight is 358 g/mol. The Hall–Kier alpha value is -2.12. The van der Waals surface area contributed by atoms with Crippen LogP contribution in [0.2, 0.25) is 0 Å². The van der Waals surface area contributed by atoms with E-state index in [0.29, 0.717) is 13.1 Å². The van der Waals surface area contributed by atoms with Gasteiger partial charge in [0, 0.05) is 43.8 Å². The van der Waals surface area contributed by atoms with Gasteiger partial charge in [-0.15, -0.1) is 11.3 Å². The molecule has 0 spiro atoms. The smallest absolute Gasteiger partial charge is 0.317 e. The normalized spacial score (nSPS) is 17.3. The summed E-state index contributed by atoms with van der Waals surface area (Å²) < 4.78 is 5.36. The summed E-state index contributed by atoms with van der Waals surface area (Å²) in [6.07, 6.45) is 2.80. The number of nitrogens with zero attached hydrogens (tertiary/aromatic N) is 3. The molecular formula is C18H22N4O2S. The van der Waals surface area contributed by atoms with Crippen molar-refractivity contribution >= 4 is 23.2 Å². The summed E-state index contributed by atoms with van der Waals surface area (Å²) in [6.45, 7) is 5.25. The highest BCUT2D eigenvalue weighted by Crippen LogP contribution is 2.24. The highest BCUT2D eigenvalue weighted by Gasteiger charge is 2.21. The van der Waals surface area contributed by atoms with E-state index in [9.17, 15) is 4.79 Å². The van der Waals surface area contributed by atoms with Crippen molar-refractivity contribution in [2.75, 3.05) is 37.7 Å². The third kappa shape index (κ3) is 3.77. The topological polar surface area (TPSA) is 57.7 Å². The summed E-state index contributed by atoms with van der Waals surface area (Å²) in [6, 6.07) is 6.17. The minimum Gasteiger partial charge on any atom is -0.378 e. The van der Waals surface area contributed by atoms with Gasteiger partial charge in [0.05, 0.1) is 13.2 Å². The summed E-state index contributed by atoms with van der Waals surface area (Å²) >= 11 is 1.78. The van der Waals surface area contributed by atoms with Gasteiger partial charge in [-0.3, -0.25) is 0 Å². The van der Waals surface area contributed by atoms with Crippen molar-refractivity contribution in [1.29, 1.82) is 0 Å². The zero-order valence-electron chi connectivity index (χ0n) is 14.1. The lowest BCUT2D eigenvalue weighted by Crippen LogP contribution is -2.42. The largest absolute Gasteiger partial charge is 0.378 e. The standard InChI is InChI=1S/C18H22N4O2S/c23-18(22-5-3-16-15(13-22)4-10-25-16)20-12-14-1-2-17(19-11-14)21-6-8-24-9-7-21/h1-2,4,10-11H,3,5-9,12-13H2,(H,20,23). The number of thiophene rings is 1. The Labute approximate surface area is 151 Å². The third-order valence-electron chi connectivity index (χ3n) is 4.68. The number of amides is 2. The van der Waals surface area contributed by atoms with E-state index in [1.165, 1.54) is 10.4 Å². The first-order valence-corrected chi connectivity index (χ1v) is 9.53. The molecule has 25 heavy (non-hydrogen) atoms. The van der Waals surface area contributed by atoms with Crippen LogP contribution in [0.25, 0.3) is 0 Å². The summed E-state index contributed by atoms with van der Waals surface area (Å²) in [5, 5.41) is 5.11. The lowest BCUT2D eigenvalue weighted by molar-refractivity contribution is 0.122. The maximum absolute atomic E-state index is 12.4. The number of hydrogen-bond donors (Lipinski definition) is 1. The van der Waals surface area contributed by atoms with Crippen LogP contribution < -0.4 is 10.2 Å². The number of carbonyl (C=O) groups excluding carboxylic acids is 1. The summed E-state index contributed by atoms with van der Waals surface area (Å²) in [5.41, 5.74) is 2.29. The summed E-state index contributed by atoms with van der Waals surface area (Å²) in [5.74, 6) is 0.972. The second-order valence-electron chi connectivity index (χ2n) is 6.32. The molecule has 2 aromatic heterocycles. The van der Waals surface area contributed by atoms with E-state index >= 15 is 0 Å². The van der Waals surface area contributed by atoms with Gasteiger partial charge in [0.25, 0.3) is 0 Å². The number of rotatable bonds is 3. The Morgan fingerprint density at radius 2 is 2.12 bits per heavy atom. The zero-order valence-corrected chi connectivity index (χ0v) is 14.9. The minimum absolute atomic E-state index is 0.00546. The Kier molecular flexibility index (Phi) is 4.85. The number of fused-ring (bicyclic) bond motifs is 1. The lowest BCUT2D eigenvalue weighted by Gasteiger charge is -2.28. The van der Waals surface area contributed by atoms with E-state index in [0.717, 1.165) is 50.7 Å². The van der Waals surface area contributed by atoms with E-state index < -0.39 is 0 Å². The van der Waals surface area contributed by atoms with Crippen LogP contribution in [-0.2, 0) is 24.2 Å². The molecule has 2 aliphatic heterocycles. The van der Waals surface area contributed by atoms with Crippen molar-refractivity contribution in [3.8, 4) is 0 Å². The zero-order chi connectivity index (χ0) is 17.1. The second kappa shape index (κ2) is 7.41. The molecule has 0 aliphatic carbocycles. The highest BCUT2D eigenvalue weighted by molar-refractivity contribution is 7.10. The Morgan fingerprint density at radius 1 is 1.24 bits per heavy atom. The number of hydrogen-bond acceptors (Lipinski definition) is 5. The van der Waals surface area contributed by atoms with Gasteiger partial charge in [0.15, 0.2) is 0 Å². The second-order valence-corrected chi connectivity index (χ2v) is 7.32. The van der Waals surface area contributed by atoms with E-state index in [1.54, 1.807) is 11.3 Å². The third-order valence-corrected chi connectivity index (χ3v) is 5.71. The molecular weight excluding hydrogens is 336 g/mol. The quantitative estimate of drug-likeness (QED) is 0.914. The number of aromatic nitrogens is 1. The predicted octanol–water partition coefficient (Wildman–Crippen LogP) is 2.25. The molecule has 0 aromatic carbocycles. The van der Waals surface area contributed by atoms with E-state index in [2.05, 4.69) is 26.6 Å². The molecule has 0 bridgehead atoms. The first-order chi connectivity index (χ1) is 12.3. The number of urea groups is 1. The van der Waals surface area contributed by atoms with Crippen LogP contribution in [0.5, 0.6) is 0 Å². The highest BCUT2D eigenvalue weighted by atomic mass is 32.1. The van der Waals surface area contributed by atoms with Crippen molar-refractivity contribution in [1.82, 2.24) is 15.2 Å². The molecule has 2 aromatic rings. The van der Waals surface area contributed by atoms with Gasteiger partial charge in [0.1, 0.15) is 5.82 Å². The number of pyridine rings is 1. The van der Waals surface area contributed by atoms with Crippen LogP contribution >= 0.6 is 11.3 Å². The Bertz CT molecular complexity index is 725. The fourth-order valence-corrected chi connectivity index (χ4v) is 4.10. The van der Waals surface area contributed by atoms with Crippen LogP contribution in [-0.4, -0.2) is 48.8 Å². The summed E-state index contributed by atoms with van der Waals surface area (Å²) in [7, 11) is 0. The number of carbonyl (C=O) groups is 1. The lowest BCUT2D eigenvalue weighted by atomic mass is 10.1. The molecule has 0 unspecified atom stereocenters. The van der Waals surface area contributed by atoms with Gasteiger partial charge in [-0.25, -0.2) is 9.78 Å². The van der Waals surface area contributed by atoms with Crippen LogP contribution in [0.4, 0.5) is 10.6 Å². The Morgan fingerprint density at radius 3 is 2.92 bits per heavy atom. The predicted molar refractivity (Wildman–Crippen MR) is 97.9 cm³/mol. The van der Waals surface area contributed by atoms with Crippen molar-refractivity contribution in [2.24, 2.45) is 0 Å². The Balaban J connectivity index is 1.30. The number of morpholine rings is 1. The molecule has 6 nitrogen and oxygen atoms in total. The van der Waals surface area contributed by atoms with E-state index in [4.69, 9.17) is 4.74 Å². The molecule has 1 N–H and O–H groups in total. The van der Waals surface area contributed by atoms with Crippen LogP contribution in [0.15, 0.2) is 29.8 Å². The number of anilines is 1. The van der Waals surface area contributed by atoms with Gasteiger partial charge >= 0.3 is 6.03 Å². The molecule has 2 aliphatic rings. The van der Waals surface area contributed by atoms with Gasteiger partial charge in [-0.05, 0) is 35.1 Å². The van der Waals surface area contributed by atoms with Crippen molar-refractivity contribution in [2.45, 2.75) is 19.5 Å². The number of nitrogens with one attached hydrogen (secondary N) is 1. The first kappa shape index (κ1) is 16.4. The van der Waals surface area contributed by atoms with Crippen LogP contribution in [0, 0.1) is 0 Å². The maximum atomic E-state index is 12.4. The van der Waals surface area contributed by atoms with Crippen LogP contribution in [0.1, 0.15) is 16.0 Å². The molecule has 7 heteroatoms. The molecule has 1 fully saturated rings. The van der Waals surface area contributed by atoms with Crippen molar-refractivity contribution in [3.05, 3.63) is 45.8 Å². The van der Waals surface area contributed by atoms with Crippen molar-refractivity contribution in [3.63, 3.8) is 0 Å². The fraction of sp³-hybridized carbons (Fsp3) is 0.444. The number of ether oxygens (including phenoxy) is 1. The van der Waals surface area contributed by atoms with Gasteiger partial charge < -0.3 is 19.9 Å². The van der Waals surface area contributed by atoms with E-state index in [-0.39, 0.29) is 6.03 Å². The average Bonchev–Trinajstić information content (AvgIpc) is 3.15. The first-order valence-electron chi connectivity index (χ1n) is 8.65. The summed E-state index contributed by atoms with van der Waals surface area (Å²) in [4.78, 5) is 22.4. The van der Waals surface area contributed by atoms with Crippen molar-refractivity contribution < 1.29 is 9.53 Å². The minimum atomic E-state index is -0.00546. The van der Waals surface area contributed by atoms with Gasteiger partial charge in [0.2, 0.25) is 0 Å². The molecule has 0 radical (unpaired) electrons. The van der Waals surface area contributed by atoms with Gasteiger partial charge in [-0.2, -0.15) is 0 Å². The molecule has 1 saturated heterocycles. The molecule has 132 valence electrons. The van der Waals surface area contributed by atoms with Crippen LogP contribution in [0.3, 0.4) is 0 Å². The molecule has 4 rings (SSSR count). The van der Waals surface area contributed by atoms with Gasteiger partial charge in [-0.1, -0.05) is 6.07 Å². The molecule has 0 saturated carbocycles. The molecule has 0 atom stereocenters. The SMILES string of the molecule is O=C(NCc1ccc(N2CCOCC2)nc1)N1CCc2sccc2C1. The molecule has 2 amide bonds. The monoisotopic (exact) mass is 358 g/mol. The fourth-order valence-electron chi connectivity index (χ4n) is 3.21. The maximum Gasteiger partial charge on any atom is 0.317 e. The van der Waals surface area contributed by atoms with E-state index in [1.807, 2.05) is 23.2 Å². The molecule has 4 heterocycles.